The summed E-state index contributed by atoms with van der Waals surface area (Å²) in [6.45, 7) is 3.83. The van der Waals surface area contributed by atoms with E-state index in [9.17, 15) is 0 Å². The van der Waals surface area contributed by atoms with Crippen molar-refractivity contribution in [2.24, 2.45) is 4.99 Å². The van der Waals surface area contributed by atoms with E-state index in [0.29, 0.717) is 6.04 Å². The first-order chi connectivity index (χ1) is 13.2. The van der Waals surface area contributed by atoms with Gasteiger partial charge in [-0.2, -0.15) is 0 Å². The van der Waals surface area contributed by atoms with Gasteiger partial charge in [0.2, 0.25) is 0 Å². The van der Waals surface area contributed by atoms with Crippen LogP contribution in [0.3, 0.4) is 0 Å². The number of hydrogen-bond acceptors (Lipinski definition) is 5. The fourth-order valence-corrected chi connectivity index (χ4v) is 4.99. The summed E-state index contributed by atoms with van der Waals surface area (Å²) in [4.78, 5) is 5.68. The molecule has 0 saturated heterocycles. The summed E-state index contributed by atoms with van der Waals surface area (Å²) in [5, 5.41) is 18.9. The van der Waals surface area contributed by atoms with Crippen molar-refractivity contribution in [2.75, 3.05) is 19.8 Å². The fraction of sp³-hybridized carbons (Fsp3) is 0.632. The molecule has 8 heteroatoms. The second-order valence-corrected chi connectivity index (χ2v) is 8.67. The van der Waals surface area contributed by atoms with Crippen molar-refractivity contribution in [3.8, 4) is 0 Å². The van der Waals surface area contributed by atoms with Crippen LogP contribution in [0.5, 0.6) is 0 Å². The first-order valence-electron chi connectivity index (χ1n) is 9.68. The third-order valence-electron chi connectivity index (χ3n) is 5.09. The molecule has 0 unspecified atom stereocenters. The number of rotatable bonds is 8. The van der Waals surface area contributed by atoms with E-state index in [1.54, 1.807) is 23.1 Å². The highest BCUT2D eigenvalue weighted by molar-refractivity contribution is 7.98. The topological polar surface area (TPSA) is 67.1 Å². The standard InChI is InChI=1S/C19H30N6S2/c1-14-10-12-27-16(14)13-22-18(20-2)21-11-6-9-17-23-24-19(26-3)25(17)15-7-4-5-8-15/h10,12,15H,4-9,11,13H2,1-3H3,(H2,20,21,22). The van der Waals surface area contributed by atoms with Gasteiger partial charge in [0.25, 0.3) is 0 Å². The fourth-order valence-electron chi connectivity index (χ4n) is 3.57. The summed E-state index contributed by atoms with van der Waals surface area (Å²) >= 11 is 3.48. The molecule has 2 heterocycles. The highest BCUT2D eigenvalue weighted by atomic mass is 32.2. The van der Waals surface area contributed by atoms with Crippen LogP contribution in [0.1, 0.15) is 54.4 Å². The minimum absolute atomic E-state index is 0.592. The Labute approximate surface area is 170 Å². The number of aromatic nitrogens is 3. The van der Waals surface area contributed by atoms with E-state index in [1.165, 1.54) is 36.1 Å². The molecule has 2 N–H and O–H groups in total. The van der Waals surface area contributed by atoms with E-state index in [0.717, 1.165) is 42.9 Å². The third kappa shape index (κ3) is 5.25. The molecule has 0 bridgehead atoms. The number of aliphatic imine (C=N–C) groups is 1. The molecule has 3 rings (SSSR count). The van der Waals surface area contributed by atoms with E-state index >= 15 is 0 Å². The van der Waals surface area contributed by atoms with Crippen molar-refractivity contribution < 1.29 is 0 Å². The van der Waals surface area contributed by atoms with Crippen molar-refractivity contribution in [1.29, 1.82) is 0 Å². The molecule has 0 atom stereocenters. The van der Waals surface area contributed by atoms with Gasteiger partial charge in [-0.05, 0) is 49.5 Å². The first kappa shape index (κ1) is 20.2. The summed E-state index contributed by atoms with van der Waals surface area (Å²) in [6, 6.07) is 2.75. The smallest absolute Gasteiger partial charge is 0.191 e. The van der Waals surface area contributed by atoms with E-state index < -0.39 is 0 Å². The molecule has 0 spiro atoms. The molecule has 2 aromatic rings. The number of nitrogens with one attached hydrogen (secondary N) is 2. The first-order valence-corrected chi connectivity index (χ1v) is 11.8. The molecular weight excluding hydrogens is 376 g/mol. The highest BCUT2D eigenvalue weighted by Gasteiger charge is 2.23. The van der Waals surface area contributed by atoms with Gasteiger partial charge in [0.1, 0.15) is 5.82 Å². The van der Waals surface area contributed by atoms with Crippen LogP contribution in [-0.4, -0.2) is 40.6 Å². The Kier molecular flexibility index (Phi) is 7.58. The van der Waals surface area contributed by atoms with Gasteiger partial charge >= 0.3 is 0 Å². The maximum atomic E-state index is 4.47. The molecule has 1 aliphatic rings. The number of hydrogen-bond donors (Lipinski definition) is 2. The van der Waals surface area contributed by atoms with Crippen LogP contribution >= 0.6 is 23.1 Å². The maximum Gasteiger partial charge on any atom is 0.191 e. The van der Waals surface area contributed by atoms with Crippen LogP contribution in [0.2, 0.25) is 0 Å². The number of thioether (sulfide) groups is 1. The summed E-state index contributed by atoms with van der Waals surface area (Å²) in [5.74, 6) is 1.98. The zero-order chi connectivity index (χ0) is 19.1. The lowest BCUT2D eigenvalue weighted by Crippen LogP contribution is -2.37. The van der Waals surface area contributed by atoms with Gasteiger partial charge in [-0.3, -0.25) is 4.99 Å². The van der Waals surface area contributed by atoms with Crippen molar-refractivity contribution in [2.45, 2.75) is 63.2 Å². The Bertz CT molecular complexity index is 745. The molecule has 1 saturated carbocycles. The molecule has 1 aliphatic carbocycles. The quantitative estimate of drug-likeness (QED) is 0.302. The Morgan fingerprint density at radius 2 is 2.15 bits per heavy atom. The lowest BCUT2D eigenvalue weighted by molar-refractivity contribution is 0.460. The number of guanidine groups is 1. The largest absolute Gasteiger partial charge is 0.356 e. The number of aryl methyl sites for hydroxylation is 2. The Morgan fingerprint density at radius 1 is 1.33 bits per heavy atom. The van der Waals surface area contributed by atoms with Crippen LogP contribution in [0.15, 0.2) is 21.6 Å². The average Bonchev–Trinajstić information content (AvgIpc) is 3.41. The van der Waals surface area contributed by atoms with E-state index in [2.05, 4.69) is 55.0 Å². The summed E-state index contributed by atoms with van der Waals surface area (Å²) in [6.07, 6.45) is 9.21. The molecular formula is C19H30N6S2. The predicted octanol–water partition coefficient (Wildman–Crippen LogP) is 3.78. The molecule has 27 heavy (non-hydrogen) atoms. The second kappa shape index (κ2) is 10.1. The summed E-state index contributed by atoms with van der Waals surface area (Å²) in [5.41, 5.74) is 1.33. The van der Waals surface area contributed by atoms with E-state index in [4.69, 9.17) is 0 Å². The molecule has 0 amide bonds. The highest BCUT2D eigenvalue weighted by Crippen LogP contribution is 2.33. The van der Waals surface area contributed by atoms with Crippen LogP contribution in [-0.2, 0) is 13.0 Å². The number of thiophene rings is 1. The van der Waals surface area contributed by atoms with Gasteiger partial charge in [-0.25, -0.2) is 0 Å². The van der Waals surface area contributed by atoms with Crippen LogP contribution < -0.4 is 10.6 Å². The van der Waals surface area contributed by atoms with Gasteiger partial charge in [-0.15, -0.1) is 21.5 Å². The summed E-state index contributed by atoms with van der Waals surface area (Å²) < 4.78 is 2.39. The molecule has 0 aliphatic heterocycles. The van der Waals surface area contributed by atoms with Gasteiger partial charge in [0.15, 0.2) is 11.1 Å². The van der Waals surface area contributed by atoms with Crippen molar-refractivity contribution in [3.63, 3.8) is 0 Å². The Balaban J connectivity index is 1.46. The van der Waals surface area contributed by atoms with Crippen LogP contribution in [0.25, 0.3) is 0 Å². The average molecular weight is 407 g/mol. The SMILES string of the molecule is CN=C(NCCCc1nnc(SC)n1C1CCCC1)NCc1sccc1C. The van der Waals surface area contributed by atoms with E-state index in [-0.39, 0.29) is 0 Å². The minimum atomic E-state index is 0.592. The van der Waals surface area contributed by atoms with Gasteiger partial charge in [0, 0.05) is 30.9 Å². The lowest BCUT2D eigenvalue weighted by atomic mass is 10.2. The Morgan fingerprint density at radius 3 is 2.81 bits per heavy atom. The molecule has 2 aromatic heterocycles. The molecule has 0 radical (unpaired) electrons. The molecule has 0 aromatic carbocycles. The molecule has 1 fully saturated rings. The van der Waals surface area contributed by atoms with Gasteiger partial charge in [0.05, 0.1) is 6.54 Å². The van der Waals surface area contributed by atoms with Crippen molar-refractivity contribution in [1.82, 2.24) is 25.4 Å². The van der Waals surface area contributed by atoms with Crippen LogP contribution in [0.4, 0.5) is 0 Å². The van der Waals surface area contributed by atoms with E-state index in [1.807, 2.05) is 7.05 Å². The monoisotopic (exact) mass is 406 g/mol. The molecule has 148 valence electrons. The van der Waals surface area contributed by atoms with Crippen molar-refractivity contribution in [3.05, 3.63) is 27.7 Å². The number of nitrogens with zero attached hydrogens (tertiary/aromatic N) is 4. The zero-order valence-electron chi connectivity index (χ0n) is 16.5. The Hall–Kier alpha value is -1.54. The third-order valence-corrected chi connectivity index (χ3v) is 6.75. The lowest BCUT2D eigenvalue weighted by Gasteiger charge is -2.16. The zero-order valence-corrected chi connectivity index (χ0v) is 18.1. The maximum absolute atomic E-state index is 4.47. The predicted molar refractivity (Wildman–Crippen MR) is 115 cm³/mol. The summed E-state index contributed by atoms with van der Waals surface area (Å²) in [7, 11) is 1.82. The minimum Gasteiger partial charge on any atom is -0.356 e. The van der Waals surface area contributed by atoms with Gasteiger partial charge < -0.3 is 15.2 Å². The normalized spacial score (nSPS) is 15.4. The second-order valence-electron chi connectivity index (χ2n) is 6.89. The molecule has 6 nitrogen and oxygen atoms in total. The van der Waals surface area contributed by atoms with Crippen molar-refractivity contribution >= 4 is 29.1 Å². The van der Waals surface area contributed by atoms with Gasteiger partial charge in [-0.1, -0.05) is 24.6 Å². The van der Waals surface area contributed by atoms with Crippen LogP contribution in [0, 0.1) is 6.92 Å².